The fourth-order valence-corrected chi connectivity index (χ4v) is 2.78. The molecule has 0 spiro atoms. The van der Waals surface area contributed by atoms with Crippen LogP contribution in [0.3, 0.4) is 0 Å². The van der Waals surface area contributed by atoms with E-state index in [1.54, 1.807) is 0 Å². The zero-order valence-electron chi connectivity index (χ0n) is 10.9. The highest BCUT2D eigenvalue weighted by molar-refractivity contribution is 7.80. The minimum absolute atomic E-state index is 0.271. The fraction of sp³-hybridized carbons (Fsp3) is 0.429. The van der Waals surface area contributed by atoms with Crippen molar-refractivity contribution in [2.24, 2.45) is 4.99 Å². The van der Waals surface area contributed by atoms with Gasteiger partial charge in [-0.2, -0.15) is 0 Å². The van der Waals surface area contributed by atoms with Gasteiger partial charge in [-0.25, -0.2) is 4.99 Å². The topological polar surface area (TPSA) is 36.9 Å². The van der Waals surface area contributed by atoms with Crippen LogP contribution in [-0.2, 0) is 17.6 Å². The van der Waals surface area contributed by atoms with Crippen molar-refractivity contribution < 1.29 is 4.74 Å². The highest BCUT2D eigenvalue weighted by atomic mass is 32.1. The van der Waals surface area contributed by atoms with Crippen LogP contribution in [0.25, 0.3) is 0 Å². The molecule has 1 N–H and O–H groups in total. The maximum atomic E-state index is 5.60. The van der Waals surface area contributed by atoms with Gasteiger partial charge in [-0.3, -0.25) is 4.90 Å². The molecule has 0 radical (unpaired) electrons. The molecule has 0 saturated carbocycles. The van der Waals surface area contributed by atoms with Gasteiger partial charge in [0.15, 0.2) is 5.11 Å². The maximum Gasteiger partial charge on any atom is 0.294 e. The van der Waals surface area contributed by atoms with Crippen molar-refractivity contribution in [2.75, 3.05) is 20.2 Å². The van der Waals surface area contributed by atoms with Crippen LogP contribution in [0.1, 0.15) is 11.1 Å². The molecule has 1 saturated heterocycles. The molecule has 0 bridgehead atoms. The van der Waals surface area contributed by atoms with Crippen molar-refractivity contribution in [3.8, 4) is 0 Å². The monoisotopic (exact) mass is 275 g/mol. The quantitative estimate of drug-likeness (QED) is 0.785. The predicted molar refractivity (Wildman–Crippen MR) is 79.4 cm³/mol. The van der Waals surface area contributed by atoms with Gasteiger partial charge >= 0.3 is 0 Å². The van der Waals surface area contributed by atoms with Crippen LogP contribution < -0.4 is 5.32 Å². The van der Waals surface area contributed by atoms with Crippen molar-refractivity contribution in [2.45, 2.75) is 18.9 Å². The maximum absolute atomic E-state index is 5.60. The second-order valence-electron chi connectivity index (χ2n) is 4.80. The second kappa shape index (κ2) is 5.17. The number of nitrogens with one attached hydrogen (secondary N) is 1. The Bertz CT molecular complexity index is 504. The fourth-order valence-electron chi connectivity index (χ4n) is 2.62. The van der Waals surface area contributed by atoms with Crippen LogP contribution in [0.5, 0.6) is 0 Å². The summed E-state index contributed by atoms with van der Waals surface area (Å²) in [6, 6.07) is 9.47. The Hall–Kier alpha value is -1.62. The molecule has 1 aromatic rings. The third-order valence-electron chi connectivity index (χ3n) is 3.56. The van der Waals surface area contributed by atoms with Crippen molar-refractivity contribution >= 4 is 23.4 Å². The molecule has 4 nitrogen and oxygen atoms in total. The summed E-state index contributed by atoms with van der Waals surface area (Å²) in [6.45, 7) is 1.43. The standard InChI is InChI=1S/C14H17N3OS/c1-15-14(19)17-6-7-18-13(17)16-12-8-10-4-2-3-5-11(10)9-12/h2-5,12H,6-9H2,1H3,(H,15,19). The summed E-state index contributed by atoms with van der Waals surface area (Å²) < 4.78 is 5.60. The lowest BCUT2D eigenvalue weighted by atomic mass is 10.1. The van der Waals surface area contributed by atoms with Gasteiger partial charge in [0.05, 0.1) is 12.6 Å². The zero-order valence-corrected chi connectivity index (χ0v) is 11.7. The van der Waals surface area contributed by atoms with Crippen molar-refractivity contribution in [1.82, 2.24) is 10.2 Å². The Labute approximate surface area is 118 Å². The van der Waals surface area contributed by atoms with Crippen molar-refractivity contribution in [3.63, 3.8) is 0 Å². The van der Waals surface area contributed by atoms with Crippen LogP contribution in [0, 0.1) is 0 Å². The Morgan fingerprint density at radius 1 is 1.37 bits per heavy atom. The first kappa shape index (κ1) is 12.4. The van der Waals surface area contributed by atoms with Crippen LogP contribution in [0.15, 0.2) is 29.3 Å². The molecule has 1 heterocycles. The van der Waals surface area contributed by atoms with Crippen molar-refractivity contribution in [3.05, 3.63) is 35.4 Å². The van der Waals surface area contributed by atoms with Gasteiger partial charge in [0.1, 0.15) is 6.61 Å². The molecular weight excluding hydrogens is 258 g/mol. The summed E-state index contributed by atoms with van der Waals surface area (Å²) in [5.41, 5.74) is 2.80. The minimum Gasteiger partial charge on any atom is -0.463 e. The average molecular weight is 275 g/mol. The van der Waals surface area contributed by atoms with E-state index in [9.17, 15) is 0 Å². The number of aliphatic imine (C=N–C) groups is 1. The van der Waals surface area contributed by atoms with E-state index >= 15 is 0 Å². The summed E-state index contributed by atoms with van der Waals surface area (Å²) in [5, 5.41) is 3.65. The number of rotatable bonds is 1. The van der Waals surface area contributed by atoms with E-state index in [-0.39, 0.29) is 6.04 Å². The number of hydrogen-bond donors (Lipinski definition) is 1. The summed E-state index contributed by atoms with van der Waals surface area (Å²) in [5.74, 6) is 0. The average Bonchev–Trinajstić information content (AvgIpc) is 3.04. The minimum atomic E-state index is 0.271. The number of ether oxygens (including phenoxy) is 1. The Balaban J connectivity index is 1.75. The van der Waals surface area contributed by atoms with E-state index in [4.69, 9.17) is 21.9 Å². The van der Waals surface area contributed by atoms with Gasteiger partial charge in [-0.05, 0) is 36.2 Å². The van der Waals surface area contributed by atoms with E-state index in [1.807, 2.05) is 11.9 Å². The molecule has 100 valence electrons. The van der Waals surface area contributed by atoms with Gasteiger partial charge in [0.25, 0.3) is 6.02 Å². The smallest absolute Gasteiger partial charge is 0.294 e. The van der Waals surface area contributed by atoms with E-state index in [2.05, 4.69) is 29.6 Å². The van der Waals surface area contributed by atoms with Gasteiger partial charge < -0.3 is 10.1 Å². The van der Waals surface area contributed by atoms with Gasteiger partial charge in [-0.1, -0.05) is 24.3 Å². The Kier molecular flexibility index (Phi) is 3.38. The third kappa shape index (κ3) is 2.42. The first-order chi connectivity index (χ1) is 9.28. The molecule has 1 aromatic carbocycles. The van der Waals surface area contributed by atoms with Crippen LogP contribution in [-0.4, -0.2) is 42.3 Å². The highest BCUT2D eigenvalue weighted by Gasteiger charge is 2.27. The van der Waals surface area contributed by atoms with Crippen LogP contribution >= 0.6 is 12.2 Å². The lowest BCUT2D eigenvalue weighted by Crippen LogP contribution is -2.39. The number of hydrogen-bond acceptors (Lipinski definition) is 3. The normalized spacial score (nSPS) is 20.5. The number of benzene rings is 1. The highest BCUT2D eigenvalue weighted by Crippen LogP contribution is 2.24. The molecule has 5 heteroatoms. The van der Waals surface area contributed by atoms with Crippen LogP contribution in [0.4, 0.5) is 0 Å². The largest absolute Gasteiger partial charge is 0.463 e. The molecule has 0 amide bonds. The summed E-state index contributed by atoms with van der Waals surface area (Å²) in [7, 11) is 1.82. The molecule has 1 aliphatic carbocycles. The molecule has 1 aliphatic heterocycles. The summed E-state index contributed by atoms with van der Waals surface area (Å²) >= 11 is 5.26. The van der Waals surface area contributed by atoms with E-state index < -0.39 is 0 Å². The van der Waals surface area contributed by atoms with Crippen molar-refractivity contribution in [1.29, 1.82) is 0 Å². The molecule has 0 atom stereocenters. The second-order valence-corrected chi connectivity index (χ2v) is 5.18. The molecule has 1 fully saturated rings. The summed E-state index contributed by atoms with van der Waals surface area (Å²) in [4.78, 5) is 6.66. The zero-order chi connectivity index (χ0) is 13.2. The Morgan fingerprint density at radius 2 is 2.05 bits per heavy atom. The number of amidine groups is 1. The van der Waals surface area contributed by atoms with Gasteiger partial charge in [0.2, 0.25) is 0 Å². The first-order valence-electron chi connectivity index (χ1n) is 6.54. The molecular formula is C14H17N3OS. The number of fused-ring (bicyclic) bond motifs is 1. The van der Waals surface area contributed by atoms with Gasteiger partial charge in [-0.15, -0.1) is 0 Å². The molecule has 0 unspecified atom stereocenters. The number of nitrogens with zero attached hydrogens (tertiary/aromatic N) is 2. The third-order valence-corrected chi connectivity index (χ3v) is 3.98. The molecule has 3 rings (SSSR count). The van der Waals surface area contributed by atoms with E-state index in [1.165, 1.54) is 11.1 Å². The van der Waals surface area contributed by atoms with E-state index in [0.29, 0.717) is 17.7 Å². The Morgan fingerprint density at radius 3 is 2.68 bits per heavy atom. The lowest BCUT2D eigenvalue weighted by molar-refractivity contribution is 0.348. The van der Waals surface area contributed by atoms with Crippen LogP contribution in [0.2, 0.25) is 0 Å². The lowest BCUT2D eigenvalue weighted by Gasteiger charge is -2.17. The van der Waals surface area contributed by atoms with Gasteiger partial charge in [0, 0.05) is 7.05 Å². The predicted octanol–water partition coefficient (Wildman–Crippen LogP) is 1.35. The molecule has 2 aliphatic rings. The first-order valence-corrected chi connectivity index (χ1v) is 6.95. The SMILES string of the molecule is CNC(=S)N1CCOC1=NC1Cc2ccccc2C1. The summed E-state index contributed by atoms with van der Waals surface area (Å²) in [6.07, 6.45) is 1.98. The van der Waals surface area contributed by atoms with E-state index in [0.717, 1.165) is 19.4 Å². The number of thiocarbonyl (C=S) groups is 1. The molecule has 19 heavy (non-hydrogen) atoms. The molecule has 0 aromatic heterocycles.